The fraction of sp³-hybridized carbons (Fsp3) is 0.0800. The van der Waals surface area contributed by atoms with Gasteiger partial charge in [-0.15, -0.1) is 0 Å². The summed E-state index contributed by atoms with van der Waals surface area (Å²) >= 11 is 0. The summed E-state index contributed by atoms with van der Waals surface area (Å²) in [7, 11) is 0. The largest absolute Gasteiger partial charge is 0.355 e. The van der Waals surface area contributed by atoms with Crippen LogP contribution in [0.2, 0.25) is 0 Å². The average molecular weight is 346 g/mol. The monoisotopic (exact) mass is 346 g/mol. The first-order valence-corrected chi connectivity index (χ1v) is 9.38. The minimum absolute atomic E-state index is 0.385. The van der Waals surface area contributed by atoms with Gasteiger partial charge in [0.05, 0.1) is 11.1 Å². The van der Waals surface area contributed by atoms with Crippen LogP contribution in [0.15, 0.2) is 91.1 Å². The highest BCUT2D eigenvalue weighted by Crippen LogP contribution is 2.56. The molecule has 128 valence electrons. The molecular weight excluding hydrogens is 328 g/mol. The van der Waals surface area contributed by atoms with Gasteiger partial charge in [0, 0.05) is 17.6 Å². The van der Waals surface area contributed by atoms with E-state index in [9.17, 15) is 0 Å². The lowest BCUT2D eigenvalue weighted by Gasteiger charge is -2.45. The second-order valence-corrected chi connectivity index (χ2v) is 7.31. The second-order valence-electron chi connectivity index (χ2n) is 7.31. The zero-order valence-electron chi connectivity index (χ0n) is 14.8. The Morgan fingerprint density at radius 2 is 1.22 bits per heavy atom. The molecule has 1 spiro atoms. The molecule has 0 bridgehead atoms. The lowest BCUT2D eigenvalue weighted by Crippen LogP contribution is -2.40. The maximum absolute atomic E-state index is 4.97. The fourth-order valence-corrected chi connectivity index (χ4v) is 4.97. The third-order valence-electron chi connectivity index (χ3n) is 5.98. The van der Waals surface area contributed by atoms with Crippen LogP contribution in [0.4, 0.5) is 11.4 Å². The van der Waals surface area contributed by atoms with Gasteiger partial charge < -0.3 is 5.32 Å². The maximum atomic E-state index is 4.97. The first kappa shape index (κ1) is 14.7. The van der Waals surface area contributed by atoms with E-state index < -0.39 is 0 Å². The van der Waals surface area contributed by atoms with Crippen molar-refractivity contribution in [3.05, 3.63) is 125 Å². The van der Waals surface area contributed by atoms with Crippen LogP contribution >= 0.6 is 0 Å². The summed E-state index contributed by atoms with van der Waals surface area (Å²) in [5.41, 5.74) is 9.67. The van der Waals surface area contributed by atoms with Gasteiger partial charge in [-0.25, -0.2) is 0 Å². The van der Waals surface area contributed by atoms with E-state index in [0.29, 0.717) is 0 Å². The van der Waals surface area contributed by atoms with Crippen LogP contribution in [0.5, 0.6) is 0 Å². The van der Waals surface area contributed by atoms with Crippen LogP contribution in [-0.2, 0) is 11.8 Å². The van der Waals surface area contributed by atoms with Crippen molar-refractivity contribution < 1.29 is 0 Å². The minimum Gasteiger partial charge on any atom is -0.355 e. The number of rotatable bonds is 0. The molecule has 0 saturated heterocycles. The van der Waals surface area contributed by atoms with Gasteiger partial charge in [-0.3, -0.25) is 4.98 Å². The molecule has 1 N–H and O–H groups in total. The quantitative estimate of drug-likeness (QED) is 0.397. The molecule has 0 saturated carbocycles. The Labute approximate surface area is 158 Å². The Kier molecular flexibility index (Phi) is 2.90. The van der Waals surface area contributed by atoms with E-state index in [2.05, 4.69) is 90.2 Å². The molecule has 1 aliphatic carbocycles. The summed E-state index contributed by atoms with van der Waals surface area (Å²) in [6.45, 7) is 0. The molecule has 6 rings (SSSR count). The van der Waals surface area contributed by atoms with E-state index in [-0.39, 0.29) is 5.41 Å². The van der Waals surface area contributed by atoms with Gasteiger partial charge in [0.1, 0.15) is 0 Å². The van der Waals surface area contributed by atoms with Crippen molar-refractivity contribution >= 4 is 11.4 Å². The Bertz CT molecular complexity index is 1000. The van der Waals surface area contributed by atoms with E-state index in [1.807, 2.05) is 6.20 Å². The molecule has 2 heteroatoms. The molecule has 27 heavy (non-hydrogen) atoms. The van der Waals surface area contributed by atoms with Gasteiger partial charge in [-0.05, 0) is 52.4 Å². The zero-order chi connectivity index (χ0) is 17.8. The second kappa shape index (κ2) is 5.31. The predicted octanol–water partition coefficient (Wildman–Crippen LogP) is 5.43. The standard InChI is InChI=1S/C25H18N2/c1-2-10-19-17(8-1)16-18-9-7-15-26-24(18)25(19)20-11-3-5-13-22(20)27-23-14-6-4-12-21(23)25/h1-15,27H,16H2. The molecule has 0 fully saturated rings. The molecule has 0 unspecified atom stereocenters. The van der Waals surface area contributed by atoms with Crippen LogP contribution in [-0.4, -0.2) is 4.98 Å². The lowest BCUT2D eigenvalue weighted by molar-refractivity contribution is 0.671. The van der Waals surface area contributed by atoms with Crippen molar-refractivity contribution in [2.24, 2.45) is 0 Å². The topological polar surface area (TPSA) is 24.9 Å². The number of para-hydroxylation sites is 2. The number of fused-ring (bicyclic) bond motifs is 8. The van der Waals surface area contributed by atoms with Gasteiger partial charge in [-0.1, -0.05) is 66.7 Å². The Morgan fingerprint density at radius 3 is 1.96 bits per heavy atom. The normalized spacial score (nSPS) is 15.1. The Morgan fingerprint density at radius 1 is 0.630 bits per heavy atom. The molecule has 2 aliphatic rings. The van der Waals surface area contributed by atoms with Crippen molar-refractivity contribution in [3.8, 4) is 0 Å². The van der Waals surface area contributed by atoms with Crippen molar-refractivity contribution in [1.29, 1.82) is 0 Å². The molecule has 0 radical (unpaired) electrons. The summed E-state index contributed by atoms with van der Waals surface area (Å²) in [6.07, 6.45) is 2.86. The molecule has 0 amide bonds. The van der Waals surface area contributed by atoms with E-state index in [0.717, 1.165) is 23.5 Å². The Hall–Kier alpha value is -3.39. The number of anilines is 2. The highest BCUT2D eigenvalue weighted by Gasteiger charge is 2.48. The van der Waals surface area contributed by atoms with Gasteiger partial charge in [0.15, 0.2) is 0 Å². The molecule has 1 aliphatic heterocycles. The smallest absolute Gasteiger partial charge is 0.0919 e. The fourth-order valence-electron chi connectivity index (χ4n) is 4.97. The summed E-state index contributed by atoms with van der Waals surface area (Å²) in [5, 5.41) is 3.65. The van der Waals surface area contributed by atoms with Crippen LogP contribution < -0.4 is 5.32 Å². The molecule has 2 nitrogen and oxygen atoms in total. The molecule has 2 heterocycles. The zero-order valence-corrected chi connectivity index (χ0v) is 14.8. The number of pyridine rings is 1. The summed E-state index contributed by atoms with van der Waals surface area (Å²) < 4.78 is 0. The number of aromatic nitrogens is 1. The molecule has 3 aromatic carbocycles. The van der Waals surface area contributed by atoms with Crippen LogP contribution in [0.25, 0.3) is 0 Å². The highest BCUT2D eigenvalue weighted by molar-refractivity contribution is 5.82. The number of nitrogens with zero attached hydrogens (tertiary/aromatic N) is 1. The third-order valence-corrected chi connectivity index (χ3v) is 5.98. The molecule has 4 aromatic rings. The van der Waals surface area contributed by atoms with Crippen LogP contribution in [0.1, 0.15) is 33.5 Å². The lowest BCUT2D eigenvalue weighted by atomic mass is 9.60. The van der Waals surface area contributed by atoms with Crippen molar-refractivity contribution in [2.75, 3.05) is 5.32 Å². The minimum atomic E-state index is -0.385. The maximum Gasteiger partial charge on any atom is 0.0919 e. The van der Waals surface area contributed by atoms with Crippen molar-refractivity contribution in [3.63, 3.8) is 0 Å². The summed E-state index contributed by atoms with van der Waals surface area (Å²) in [5.74, 6) is 0. The first-order chi connectivity index (χ1) is 13.4. The predicted molar refractivity (Wildman–Crippen MR) is 109 cm³/mol. The van der Waals surface area contributed by atoms with Gasteiger partial charge in [0.2, 0.25) is 0 Å². The first-order valence-electron chi connectivity index (χ1n) is 9.38. The van der Waals surface area contributed by atoms with Crippen molar-refractivity contribution in [2.45, 2.75) is 11.8 Å². The van der Waals surface area contributed by atoms with E-state index >= 15 is 0 Å². The van der Waals surface area contributed by atoms with Gasteiger partial charge in [0.25, 0.3) is 0 Å². The molecule has 1 aromatic heterocycles. The highest BCUT2D eigenvalue weighted by atomic mass is 14.9. The summed E-state index contributed by atoms with van der Waals surface area (Å²) in [4.78, 5) is 4.97. The number of nitrogens with one attached hydrogen (secondary N) is 1. The summed E-state index contributed by atoms with van der Waals surface area (Å²) in [6, 6.07) is 30.4. The number of hydrogen-bond acceptors (Lipinski definition) is 2. The number of hydrogen-bond donors (Lipinski definition) is 1. The average Bonchev–Trinajstić information content (AvgIpc) is 2.73. The van der Waals surface area contributed by atoms with E-state index in [4.69, 9.17) is 4.98 Å². The molecular formula is C25H18N2. The van der Waals surface area contributed by atoms with Gasteiger partial charge >= 0.3 is 0 Å². The van der Waals surface area contributed by atoms with Crippen molar-refractivity contribution in [1.82, 2.24) is 4.98 Å². The van der Waals surface area contributed by atoms with E-state index in [1.54, 1.807) is 0 Å². The van der Waals surface area contributed by atoms with E-state index in [1.165, 1.54) is 27.8 Å². The molecule has 0 atom stereocenters. The third kappa shape index (κ3) is 1.82. The Balaban J connectivity index is 1.85. The van der Waals surface area contributed by atoms with Crippen LogP contribution in [0, 0.1) is 0 Å². The number of benzene rings is 3. The van der Waals surface area contributed by atoms with Crippen LogP contribution in [0.3, 0.4) is 0 Å². The SMILES string of the molecule is c1ccc2c(c1)Cc1cccnc1C21c2ccccc2Nc2ccccc21. The van der Waals surface area contributed by atoms with Gasteiger partial charge in [-0.2, -0.15) is 0 Å².